The number of hydrogen-bond acceptors (Lipinski definition) is 4. The van der Waals surface area contributed by atoms with Gasteiger partial charge in [0.25, 0.3) is 0 Å². The molecule has 0 saturated carbocycles. The van der Waals surface area contributed by atoms with Crippen LogP contribution in [-0.4, -0.2) is 35.2 Å². The average Bonchev–Trinajstić information content (AvgIpc) is 2.43. The minimum atomic E-state index is -1.28. The van der Waals surface area contributed by atoms with Crippen LogP contribution in [0.5, 0.6) is 0 Å². The molecule has 0 bridgehead atoms. The molecule has 1 heterocycles. The molecular formula is C14H17N3O3. The van der Waals surface area contributed by atoms with Crippen LogP contribution in [0.2, 0.25) is 0 Å². The van der Waals surface area contributed by atoms with E-state index in [4.69, 9.17) is 5.73 Å². The molecule has 6 nitrogen and oxygen atoms in total. The SMILES string of the molecule is CC1C(=O)NC(=O)CN1C(=O)C(C)(N)c1ccccc1. The lowest BCUT2D eigenvalue weighted by molar-refractivity contribution is -0.152. The van der Waals surface area contributed by atoms with E-state index in [2.05, 4.69) is 5.32 Å². The molecule has 2 atom stereocenters. The third-order valence-corrected chi connectivity index (χ3v) is 3.50. The number of nitrogens with one attached hydrogen (secondary N) is 1. The molecule has 1 aliphatic heterocycles. The summed E-state index contributed by atoms with van der Waals surface area (Å²) in [7, 11) is 0. The van der Waals surface area contributed by atoms with Crippen molar-refractivity contribution in [2.75, 3.05) is 6.54 Å². The summed E-state index contributed by atoms with van der Waals surface area (Å²) in [6.45, 7) is 2.99. The number of rotatable bonds is 2. The predicted molar refractivity (Wildman–Crippen MR) is 72.3 cm³/mol. The van der Waals surface area contributed by atoms with Crippen molar-refractivity contribution in [2.24, 2.45) is 5.73 Å². The van der Waals surface area contributed by atoms with Crippen LogP contribution in [0.25, 0.3) is 0 Å². The van der Waals surface area contributed by atoms with E-state index in [-0.39, 0.29) is 6.54 Å². The molecule has 0 aliphatic carbocycles. The van der Waals surface area contributed by atoms with Crippen molar-refractivity contribution < 1.29 is 14.4 Å². The Morgan fingerprint density at radius 3 is 2.55 bits per heavy atom. The summed E-state index contributed by atoms with van der Waals surface area (Å²) >= 11 is 0. The zero-order valence-electron chi connectivity index (χ0n) is 11.4. The van der Waals surface area contributed by atoms with E-state index >= 15 is 0 Å². The largest absolute Gasteiger partial charge is 0.320 e. The van der Waals surface area contributed by atoms with Gasteiger partial charge >= 0.3 is 0 Å². The van der Waals surface area contributed by atoms with Crippen molar-refractivity contribution in [1.29, 1.82) is 0 Å². The fourth-order valence-electron chi connectivity index (χ4n) is 2.17. The third kappa shape index (κ3) is 2.42. The Bertz CT molecular complexity index is 554. The highest BCUT2D eigenvalue weighted by Crippen LogP contribution is 2.22. The van der Waals surface area contributed by atoms with Gasteiger partial charge in [0.2, 0.25) is 17.7 Å². The maximum Gasteiger partial charge on any atom is 0.249 e. The Kier molecular flexibility index (Phi) is 3.59. The number of imide groups is 1. The number of amides is 3. The van der Waals surface area contributed by atoms with Gasteiger partial charge in [0.1, 0.15) is 18.1 Å². The van der Waals surface area contributed by atoms with E-state index in [9.17, 15) is 14.4 Å². The van der Waals surface area contributed by atoms with E-state index in [1.165, 1.54) is 4.90 Å². The lowest BCUT2D eigenvalue weighted by Gasteiger charge is -2.37. The quantitative estimate of drug-likeness (QED) is 0.727. The summed E-state index contributed by atoms with van der Waals surface area (Å²) in [5, 5.41) is 2.19. The maximum atomic E-state index is 12.6. The molecule has 3 N–H and O–H groups in total. The molecule has 0 radical (unpaired) electrons. The first-order chi connectivity index (χ1) is 9.34. The number of nitrogens with zero attached hydrogens (tertiary/aromatic N) is 1. The highest BCUT2D eigenvalue weighted by molar-refractivity contribution is 6.05. The fraction of sp³-hybridized carbons (Fsp3) is 0.357. The molecule has 1 fully saturated rings. The van der Waals surface area contributed by atoms with Crippen LogP contribution in [0.4, 0.5) is 0 Å². The standard InChI is InChI=1S/C14H17N3O3/c1-9-12(19)16-11(18)8-17(9)13(20)14(2,15)10-6-4-3-5-7-10/h3-7,9H,8,15H2,1-2H3,(H,16,18,19). The van der Waals surface area contributed by atoms with Crippen molar-refractivity contribution in [3.63, 3.8) is 0 Å². The van der Waals surface area contributed by atoms with Crippen LogP contribution in [0.3, 0.4) is 0 Å². The number of benzene rings is 1. The van der Waals surface area contributed by atoms with Crippen LogP contribution in [-0.2, 0) is 19.9 Å². The van der Waals surface area contributed by atoms with Gasteiger partial charge in [0.15, 0.2) is 0 Å². The molecule has 1 aromatic carbocycles. The molecule has 0 spiro atoms. The van der Waals surface area contributed by atoms with Crippen molar-refractivity contribution in [3.8, 4) is 0 Å². The van der Waals surface area contributed by atoms with Gasteiger partial charge in [-0.05, 0) is 19.4 Å². The highest BCUT2D eigenvalue weighted by atomic mass is 16.2. The van der Waals surface area contributed by atoms with Crippen molar-refractivity contribution in [1.82, 2.24) is 10.2 Å². The van der Waals surface area contributed by atoms with Gasteiger partial charge in [-0.15, -0.1) is 0 Å². The zero-order valence-corrected chi connectivity index (χ0v) is 11.4. The van der Waals surface area contributed by atoms with Crippen LogP contribution < -0.4 is 11.1 Å². The molecule has 3 amide bonds. The Labute approximate surface area is 116 Å². The molecule has 0 aromatic heterocycles. The van der Waals surface area contributed by atoms with Gasteiger partial charge in [0, 0.05) is 0 Å². The maximum absolute atomic E-state index is 12.6. The van der Waals surface area contributed by atoms with Gasteiger partial charge in [-0.1, -0.05) is 30.3 Å². The molecular weight excluding hydrogens is 258 g/mol. The average molecular weight is 275 g/mol. The van der Waals surface area contributed by atoms with Gasteiger partial charge in [-0.3, -0.25) is 19.7 Å². The van der Waals surface area contributed by atoms with E-state index in [0.29, 0.717) is 5.56 Å². The third-order valence-electron chi connectivity index (χ3n) is 3.50. The first-order valence-electron chi connectivity index (χ1n) is 6.33. The zero-order chi connectivity index (χ0) is 14.9. The first-order valence-corrected chi connectivity index (χ1v) is 6.33. The summed E-state index contributed by atoms with van der Waals surface area (Å²) in [5.74, 6) is -1.43. The van der Waals surface area contributed by atoms with Crippen LogP contribution in [0.1, 0.15) is 19.4 Å². The van der Waals surface area contributed by atoms with Gasteiger partial charge in [0.05, 0.1) is 0 Å². The number of carbonyl (C=O) groups is 3. The number of piperazine rings is 1. The topological polar surface area (TPSA) is 92.5 Å². The molecule has 2 unspecified atom stereocenters. The van der Waals surface area contributed by atoms with Crippen molar-refractivity contribution >= 4 is 17.7 Å². The summed E-state index contributed by atoms with van der Waals surface area (Å²) in [5.41, 5.74) is 5.48. The smallest absolute Gasteiger partial charge is 0.249 e. The second kappa shape index (κ2) is 5.05. The molecule has 1 aliphatic rings. The van der Waals surface area contributed by atoms with E-state index in [1.54, 1.807) is 38.1 Å². The predicted octanol–water partition coefficient (Wildman–Crippen LogP) is -0.266. The molecule has 1 saturated heterocycles. The lowest BCUT2D eigenvalue weighted by Crippen LogP contribution is -2.63. The summed E-state index contributed by atoms with van der Waals surface area (Å²) in [4.78, 5) is 36.9. The second-order valence-corrected chi connectivity index (χ2v) is 5.09. The molecule has 2 rings (SSSR count). The molecule has 106 valence electrons. The number of carbonyl (C=O) groups excluding carboxylic acids is 3. The Hall–Kier alpha value is -2.21. The van der Waals surface area contributed by atoms with Gasteiger partial charge in [-0.25, -0.2) is 0 Å². The first kappa shape index (κ1) is 14.2. The van der Waals surface area contributed by atoms with E-state index < -0.39 is 29.3 Å². The fourth-order valence-corrected chi connectivity index (χ4v) is 2.17. The molecule has 1 aromatic rings. The van der Waals surface area contributed by atoms with Crippen LogP contribution in [0, 0.1) is 0 Å². The monoisotopic (exact) mass is 275 g/mol. The second-order valence-electron chi connectivity index (χ2n) is 5.09. The van der Waals surface area contributed by atoms with Crippen LogP contribution in [0.15, 0.2) is 30.3 Å². The summed E-state index contributed by atoms with van der Waals surface area (Å²) < 4.78 is 0. The van der Waals surface area contributed by atoms with E-state index in [1.807, 2.05) is 6.07 Å². The van der Waals surface area contributed by atoms with Gasteiger partial charge in [-0.2, -0.15) is 0 Å². The Morgan fingerprint density at radius 1 is 1.35 bits per heavy atom. The molecule has 20 heavy (non-hydrogen) atoms. The molecule has 6 heteroatoms. The number of nitrogens with two attached hydrogens (primary N) is 1. The normalized spacial score (nSPS) is 22.1. The summed E-state index contributed by atoms with van der Waals surface area (Å²) in [6.07, 6.45) is 0. The van der Waals surface area contributed by atoms with Gasteiger partial charge < -0.3 is 10.6 Å². The van der Waals surface area contributed by atoms with Crippen molar-refractivity contribution in [3.05, 3.63) is 35.9 Å². The highest BCUT2D eigenvalue weighted by Gasteiger charge is 2.41. The van der Waals surface area contributed by atoms with E-state index in [0.717, 1.165) is 0 Å². The summed E-state index contributed by atoms with van der Waals surface area (Å²) in [6, 6.07) is 8.16. The Balaban J connectivity index is 2.30. The van der Waals surface area contributed by atoms with Crippen molar-refractivity contribution in [2.45, 2.75) is 25.4 Å². The van der Waals surface area contributed by atoms with Crippen LogP contribution >= 0.6 is 0 Å². The minimum Gasteiger partial charge on any atom is -0.320 e. The number of hydrogen-bond donors (Lipinski definition) is 2. The lowest BCUT2D eigenvalue weighted by atomic mass is 9.90. The Morgan fingerprint density at radius 2 is 1.95 bits per heavy atom. The minimum absolute atomic E-state index is 0.161.